The zero-order chi connectivity index (χ0) is 15.5. The highest BCUT2D eigenvalue weighted by Gasteiger charge is 2.31. The molecule has 0 radical (unpaired) electrons. The molecule has 0 aromatic carbocycles. The van der Waals surface area contributed by atoms with Gasteiger partial charge in [-0.2, -0.15) is 11.8 Å². The summed E-state index contributed by atoms with van der Waals surface area (Å²) >= 11 is 1.90. The van der Waals surface area contributed by atoms with Crippen molar-refractivity contribution in [2.75, 3.05) is 18.5 Å². The second-order valence-electron chi connectivity index (χ2n) is 6.29. The number of hydrogen-bond acceptors (Lipinski definition) is 3. The summed E-state index contributed by atoms with van der Waals surface area (Å²) in [7, 11) is 0. The minimum Gasteiger partial charge on any atom is -0.397 e. The van der Waals surface area contributed by atoms with Gasteiger partial charge in [-0.15, -0.1) is 0 Å². The van der Waals surface area contributed by atoms with Gasteiger partial charge in [0.25, 0.3) is 5.91 Å². The third-order valence-corrected chi connectivity index (χ3v) is 5.85. The van der Waals surface area contributed by atoms with Gasteiger partial charge in [-0.1, -0.05) is 19.3 Å². The van der Waals surface area contributed by atoms with Gasteiger partial charge in [0.2, 0.25) is 0 Å². The summed E-state index contributed by atoms with van der Waals surface area (Å²) in [5, 5.41) is 3.13. The number of nitrogens with zero attached hydrogens (tertiary/aromatic N) is 1. The summed E-state index contributed by atoms with van der Waals surface area (Å²) in [4.78, 5) is 12.5. The summed E-state index contributed by atoms with van der Waals surface area (Å²) in [5.74, 6) is -0.0144. The molecule has 5 heteroatoms. The zero-order valence-corrected chi connectivity index (χ0v) is 14.1. The van der Waals surface area contributed by atoms with Crippen LogP contribution in [-0.4, -0.2) is 28.0 Å². The summed E-state index contributed by atoms with van der Waals surface area (Å²) < 4.78 is 2.16. The molecule has 1 aromatic heterocycles. The first kappa shape index (κ1) is 16.3. The fourth-order valence-corrected chi connectivity index (χ4v) is 4.00. The maximum atomic E-state index is 12.5. The molecule has 1 fully saturated rings. The molecule has 0 saturated heterocycles. The lowest BCUT2D eigenvalue weighted by atomic mass is 9.88. The second-order valence-corrected chi connectivity index (χ2v) is 7.56. The van der Waals surface area contributed by atoms with Crippen LogP contribution in [0.5, 0.6) is 0 Å². The fourth-order valence-electron chi connectivity index (χ4n) is 3.09. The average Bonchev–Trinajstić information content (AvgIpc) is 2.88. The maximum Gasteiger partial charge on any atom is 0.268 e. The molecule has 1 aromatic rings. The first-order valence-corrected chi connectivity index (χ1v) is 9.00. The lowest BCUT2D eigenvalue weighted by molar-refractivity contribution is 0.0936. The van der Waals surface area contributed by atoms with Crippen molar-refractivity contribution in [2.24, 2.45) is 0 Å². The maximum absolute atomic E-state index is 12.5. The number of amides is 1. The highest BCUT2D eigenvalue weighted by Crippen LogP contribution is 2.38. The highest BCUT2D eigenvalue weighted by atomic mass is 32.2. The van der Waals surface area contributed by atoms with E-state index in [0.29, 0.717) is 11.4 Å². The Morgan fingerprint density at radius 2 is 2.10 bits per heavy atom. The number of carbonyl (C=O) groups excluding carboxylic acids is 1. The van der Waals surface area contributed by atoms with Crippen molar-refractivity contribution in [3.63, 3.8) is 0 Å². The quantitative estimate of drug-likeness (QED) is 0.876. The predicted octanol–water partition coefficient (Wildman–Crippen LogP) is 3.45. The number of hydrogen-bond donors (Lipinski definition) is 2. The Balaban J connectivity index is 2.04. The molecular weight excluding hydrogens is 282 g/mol. The molecule has 0 bridgehead atoms. The number of nitrogens with one attached hydrogen (secondary N) is 1. The van der Waals surface area contributed by atoms with Crippen LogP contribution in [0, 0.1) is 0 Å². The van der Waals surface area contributed by atoms with Crippen molar-refractivity contribution in [3.8, 4) is 0 Å². The number of nitrogen functional groups attached to an aromatic ring is 1. The molecule has 1 heterocycles. The smallest absolute Gasteiger partial charge is 0.268 e. The summed E-state index contributed by atoms with van der Waals surface area (Å²) in [6.45, 7) is 4.86. The first-order chi connectivity index (χ1) is 9.97. The van der Waals surface area contributed by atoms with Gasteiger partial charge in [0.1, 0.15) is 5.69 Å². The number of anilines is 1. The van der Waals surface area contributed by atoms with Gasteiger partial charge in [-0.25, -0.2) is 0 Å². The Morgan fingerprint density at radius 1 is 1.43 bits per heavy atom. The van der Waals surface area contributed by atoms with Crippen LogP contribution in [0.25, 0.3) is 0 Å². The van der Waals surface area contributed by atoms with E-state index in [9.17, 15) is 4.79 Å². The van der Waals surface area contributed by atoms with E-state index in [0.717, 1.165) is 6.54 Å². The van der Waals surface area contributed by atoms with E-state index in [4.69, 9.17) is 5.73 Å². The average molecular weight is 309 g/mol. The topological polar surface area (TPSA) is 60.1 Å². The number of thioether (sulfide) groups is 1. The highest BCUT2D eigenvalue weighted by molar-refractivity contribution is 8.00. The number of aromatic nitrogens is 1. The normalized spacial score (nSPS) is 17.9. The van der Waals surface area contributed by atoms with E-state index < -0.39 is 0 Å². The molecule has 118 valence electrons. The van der Waals surface area contributed by atoms with Gasteiger partial charge >= 0.3 is 0 Å². The Labute approximate surface area is 131 Å². The van der Waals surface area contributed by atoms with Crippen molar-refractivity contribution in [1.29, 1.82) is 0 Å². The molecule has 4 nitrogen and oxygen atoms in total. The van der Waals surface area contributed by atoms with Crippen LogP contribution in [-0.2, 0) is 0 Å². The predicted molar refractivity (Wildman–Crippen MR) is 90.9 cm³/mol. The Kier molecular flexibility index (Phi) is 5.25. The molecular formula is C16H27N3OS. The fraction of sp³-hybridized carbons (Fsp3) is 0.688. The Hall–Kier alpha value is -1.10. The Bertz CT molecular complexity index is 490. The molecule has 0 atom stereocenters. The first-order valence-electron chi connectivity index (χ1n) is 7.78. The molecule has 0 unspecified atom stereocenters. The molecule has 21 heavy (non-hydrogen) atoms. The van der Waals surface area contributed by atoms with Crippen LogP contribution in [0.3, 0.4) is 0 Å². The monoisotopic (exact) mass is 309 g/mol. The van der Waals surface area contributed by atoms with Crippen LogP contribution in [0.4, 0.5) is 5.69 Å². The van der Waals surface area contributed by atoms with E-state index in [1.807, 2.05) is 22.5 Å². The molecule has 3 N–H and O–H groups in total. The van der Waals surface area contributed by atoms with E-state index in [-0.39, 0.29) is 16.7 Å². The minimum absolute atomic E-state index is 0.0144. The largest absolute Gasteiger partial charge is 0.397 e. The molecule has 1 aliphatic rings. The third kappa shape index (κ3) is 3.76. The third-order valence-electron chi connectivity index (χ3n) is 4.43. The van der Waals surface area contributed by atoms with Crippen LogP contribution < -0.4 is 11.1 Å². The second kappa shape index (κ2) is 6.77. The molecule has 1 amide bonds. The van der Waals surface area contributed by atoms with Crippen molar-refractivity contribution in [2.45, 2.75) is 56.7 Å². The van der Waals surface area contributed by atoms with Crippen molar-refractivity contribution < 1.29 is 4.79 Å². The van der Waals surface area contributed by atoms with Crippen molar-refractivity contribution in [3.05, 3.63) is 18.0 Å². The SMILES string of the molecule is CSC1(CNC(=O)c2cc(N)cn2C(C)C)CCCCC1. The standard InChI is InChI=1S/C16H27N3OS/c1-12(2)19-10-13(17)9-14(19)15(20)18-11-16(21-3)7-5-4-6-8-16/h9-10,12H,4-8,11,17H2,1-3H3,(H,18,20). The van der Waals surface area contributed by atoms with E-state index >= 15 is 0 Å². The van der Waals surface area contributed by atoms with Crippen LogP contribution in [0.15, 0.2) is 12.3 Å². The number of carbonyl (C=O) groups is 1. The van der Waals surface area contributed by atoms with E-state index in [1.54, 1.807) is 6.07 Å². The van der Waals surface area contributed by atoms with Crippen LogP contribution >= 0.6 is 11.8 Å². The summed E-state index contributed by atoms with van der Waals surface area (Å²) in [6, 6.07) is 1.99. The Morgan fingerprint density at radius 3 is 2.67 bits per heavy atom. The van der Waals surface area contributed by atoms with Crippen LogP contribution in [0.1, 0.15) is 62.5 Å². The van der Waals surface area contributed by atoms with Crippen molar-refractivity contribution >= 4 is 23.4 Å². The van der Waals surface area contributed by atoms with Gasteiger partial charge in [0.05, 0.1) is 5.69 Å². The molecule has 1 saturated carbocycles. The summed E-state index contributed by atoms with van der Waals surface area (Å²) in [6.07, 6.45) is 10.3. The van der Waals surface area contributed by atoms with Gasteiger partial charge in [-0.05, 0) is 39.0 Å². The molecule has 2 rings (SSSR count). The lowest BCUT2D eigenvalue weighted by Gasteiger charge is -2.35. The minimum atomic E-state index is -0.0144. The van der Waals surface area contributed by atoms with Gasteiger partial charge in [-0.3, -0.25) is 4.79 Å². The van der Waals surface area contributed by atoms with Crippen LogP contribution in [0.2, 0.25) is 0 Å². The lowest BCUT2D eigenvalue weighted by Crippen LogP contribution is -2.42. The molecule has 0 spiro atoms. The zero-order valence-electron chi connectivity index (χ0n) is 13.3. The summed E-state index contributed by atoms with van der Waals surface area (Å²) in [5.41, 5.74) is 7.15. The molecule has 1 aliphatic carbocycles. The van der Waals surface area contributed by atoms with Gasteiger partial charge < -0.3 is 15.6 Å². The molecule has 0 aliphatic heterocycles. The number of rotatable bonds is 5. The van der Waals surface area contributed by atoms with Gasteiger partial charge in [0.15, 0.2) is 0 Å². The van der Waals surface area contributed by atoms with Crippen molar-refractivity contribution in [1.82, 2.24) is 9.88 Å². The van der Waals surface area contributed by atoms with E-state index in [2.05, 4.69) is 25.4 Å². The van der Waals surface area contributed by atoms with E-state index in [1.165, 1.54) is 32.1 Å². The van der Waals surface area contributed by atoms with Gasteiger partial charge in [0, 0.05) is 23.5 Å². The number of nitrogens with two attached hydrogens (primary N) is 1.